The third-order valence-electron chi connectivity index (χ3n) is 3.58. The Hall–Kier alpha value is -1.88. The highest BCUT2D eigenvalue weighted by atomic mass is 32.2. The Bertz CT molecular complexity index is 616. The van der Waals surface area contributed by atoms with Crippen LogP contribution in [0.15, 0.2) is 23.2 Å². The summed E-state index contributed by atoms with van der Waals surface area (Å²) in [4.78, 5) is 5.89. The summed E-state index contributed by atoms with van der Waals surface area (Å²) in [6, 6.07) is 4.17. The number of benzene rings is 1. The molecule has 0 saturated carbocycles. The lowest BCUT2D eigenvalue weighted by Crippen LogP contribution is -2.29. The van der Waals surface area contributed by atoms with Gasteiger partial charge in [0.05, 0.1) is 11.3 Å². The Morgan fingerprint density at radius 2 is 2.00 bits per heavy atom. The molecule has 8 heteroatoms. The van der Waals surface area contributed by atoms with E-state index in [1.54, 1.807) is 18.5 Å². The van der Waals surface area contributed by atoms with Crippen molar-refractivity contribution in [3.63, 3.8) is 0 Å². The summed E-state index contributed by atoms with van der Waals surface area (Å²) in [7, 11) is 0. The van der Waals surface area contributed by atoms with Gasteiger partial charge in [-0.3, -0.25) is 5.32 Å². The van der Waals surface area contributed by atoms with E-state index in [-0.39, 0.29) is 10.9 Å². The number of thioether (sulfide) groups is 1. The third kappa shape index (κ3) is 4.55. The van der Waals surface area contributed by atoms with Gasteiger partial charge >= 0.3 is 6.18 Å². The SMILES string of the molecule is CSC(=Nc1ccc(N2CCCCC2)cc1C(F)(F)F)NC#N. The van der Waals surface area contributed by atoms with E-state index in [0.29, 0.717) is 5.69 Å². The Kier molecular flexibility index (Phi) is 5.77. The summed E-state index contributed by atoms with van der Waals surface area (Å²) in [5.74, 6) is 0. The van der Waals surface area contributed by atoms with Crippen molar-refractivity contribution in [1.29, 1.82) is 5.26 Å². The Balaban J connectivity index is 2.41. The van der Waals surface area contributed by atoms with Crippen LogP contribution >= 0.6 is 11.8 Å². The van der Waals surface area contributed by atoms with Crippen LogP contribution in [0.2, 0.25) is 0 Å². The van der Waals surface area contributed by atoms with Crippen LogP contribution in [0.4, 0.5) is 24.5 Å². The summed E-state index contributed by atoms with van der Waals surface area (Å²) >= 11 is 1.08. The van der Waals surface area contributed by atoms with Crippen LogP contribution in [-0.2, 0) is 6.18 Å². The van der Waals surface area contributed by atoms with Gasteiger partial charge in [-0.05, 0) is 43.7 Å². The second-order valence-corrected chi connectivity index (χ2v) is 5.90. The van der Waals surface area contributed by atoms with Gasteiger partial charge in [-0.15, -0.1) is 0 Å². The number of nitriles is 1. The molecule has 23 heavy (non-hydrogen) atoms. The van der Waals surface area contributed by atoms with E-state index in [1.165, 1.54) is 6.07 Å². The summed E-state index contributed by atoms with van der Waals surface area (Å²) in [6.07, 6.45) is 1.90. The van der Waals surface area contributed by atoms with Gasteiger partial charge in [0.1, 0.15) is 0 Å². The van der Waals surface area contributed by atoms with E-state index in [0.717, 1.165) is 50.2 Å². The average Bonchev–Trinajstić information content (AvgIpc) is 2.54. The summed E-state index contributed by atoms with van der Waals surface area (Å²) in [6.45, 7) is 1.54. The van der Waals surface area contributed by atoms with E-state index >= 15 is 0 Å². The number of anilines is 1. The molecule has 0 radical (unpaired) electrons. The lowest BCUT2D eigenvalue weighted by molar-refractivity contribution is -0.137. The second-order valence-electron chi connectivity index (χ2n) is 5.10. The fourth-order valence-corrected chi connectivity index (χ4v) is 2.82. The Labute approximate surface area is 137 Å². The van der Waals surface area contributed by atoms with E-state index in [4.69, 9.17) is 5.26 Å². The predicted octanol–water partition coefficient (Wildman–Crippen LogP) is 4.12. The molecule has 0 amide bonds. The Morgan fingerprint density at radius 3 is 2.57 bits per heavy atom. The number of piperidine rings is 1. The maximum absolute atomic E-state index is 13.4. The molecule has 4 nitrogen and oxygen atoms in total. The monoisotopic (exact) mass is 342 g/mol. The van der Waals surface area contributed by atoms with Gasteiger partial charge in [0, 0.05) is 18.8 Å². The predicted molar refractivity (Wildman–Crippen MR) is 86.9 cm³/mol. The number of aliphatic imine (C=N–C) groups is 1. The summed E-state index contributed by atoms with van der Waals surface area (Å²) in [5, 5.41) is 11.0. The lowest BCUT2D eigenvalue weighted by atomic mass is 10.1. The van der Waals surface area contributed by atoms with Crippen LogP contribution < -0.4 is 10.2 Å². The maximum atomic E-state index is 13.4. The molecule has 2 rings (SSSR count). The largest absolute Gasteiger partial charge is 0.418 e. The normalized spacial score (nSPS) is 16.1. The van der Waals surface area contributed by atoms with Crippen molar-refractivity contribution in [3.05, 3.63) is 23.8 Å². The van der Waals surface area contributed by atoms with Crippen molar-refractivity contribution in [2.24, 2.45) is 4.99 Å². The van der Waals surface area contributed by atoms with Crippen LogP contribution in [0, 0.1) is 11.5 Å². The molecule has 1 aliphatic rings. The molecule has 1 fully saturated rings. The van der Waals surface area contributed by atoms with Crippen LogP contribution in [0.1, 0.15) is 24.8 Å². The second kappa shape index (κ2) is 7.59. The lowest BCUT2D eigenvalue weighted by Gasteiger charge is -2.29. The highest BCUT2D eigenvalue weighted by Gasteiger charge is 2.34. The van der Waals surface area contributed by atoms with Crippen LogP contribution in [0.3, 0.4) is 0 Å². The molecule has 0 unspecified atom stereocenters. The van der Waals surface area contributed by atoms with Crippen LogP contribution in [-0.4, -0.2) is 24.5 Å². The average molecular weight is 342 g/mol. The molecule has 0 spiro atoms. The van der Waals surface area contributed by atoms with Crippen LogP contribution in [0.5, 0.6) is 0 Å². The molecule has 1 aromatic carbocycles. The highest BCUT2D eigenvalue weighted by molar-refractivity contribution is 8.13. The van der Waals surface area contributed by atoms with Gasteiger partial charge < -0.3 is 4.90 Å². The molecule has 1 aromatic rings. The molecular formula is C15H17F3N4S. The zero-order valence-electron chi connectivity index (χ0n) is 12.7. The number of alkyl halides is 3. The number of hydrogen-bond donors (Lipinski definition) is 1. The Morgan fingerprint density at radius 1 is 1.30 bits per heavy atom. The first-order valence-electron chi connectivity index (χ1n) is 7.19. The van der Waals surface area contributed by atoms with Crippen molar-refractivity contribution in [2.45, 2.75) is 25.4 Å². The first-order valence-corrected chi connectivity index (χ1v) is 8.42. The standard InChI is InChI=1S/C15H17F3N4S/c1-23-14(20-10-19)21-13-6-5-11(9-12(13)15(16,17)18)22-7-3-2-4-8-22/h5-6,9H,2-4,7-8H2,1H3,(H,20,21). The number of rotatable bonds is 2. The minimum absolute atomic E-state index is 0.128. The van der Waals surface area contributed by atoms with Gasteiger partial charge in [0.2, 0.25) is 0 Å². The molecule has 1 N–H and O–H groups in total. The minimum atomic E-state index is -4.50. The fourth-order valence-electron chi connectivity index (χ4n) is 2.48. The molecule has 0 aliphatic carbocycles. The van der Waals surface area contributed by atoms with E-state index in [1.807, 2.05) is 4.90 Å². The number of nitrogens with zero attached hydrogens (tertiary/aromatic N) is 3. The van der Waals surface area contributed by atoms with Gasteiger partial charge in [0.15, 0.2) is 11.4 Å². The van der Waals surface area contributed by atoms with Crippen molar-refractivity contribution >= 4 is 28.3 Å². The summed E-state index contributed by atoms with van der Waals surface area (Å²) < 4.78 is 40.1. The quantitative estimate of drug-likeness (QED) is 0.380. The first kappa shape index (κ1) is 17.5. The van der Waals surface area contributed by atoms with Gasteiger partial charge in [-0.1, -0.05) is 11.8 Å². The summed E-state index contributed by atoms with van der Waals surface area (Å²) in [5.41, 5.74) is -0.410. The first-order chi connectivity index (χ1) is 11.0. The maximum Gasteiger partial charge on any atom is 0.418 e. The van der Waals surface area contributed by atoms with Crippen molar-refractivity contribution in [2.75, 3.05) is 24.2 Å². The van der Waals surface area contributed by atoms with Crippen molar-refractivity contribution in [1.82, 2.24) is 5.32 Å². The molecule has 0 aromatic heterocycles. The van der Waals surface area contributed by atoms with Crippen LogP contribution in [0.25, 0.3) is 0 Å². The van der Waals surface area contributed by atoms with E-state index in [2.05, 4.69) is 10.3 Å². The molecular weight excluding hydrogens is 325 g/mol. The fraction of sp³-hybridized carbons (Fsp3) is 0.467. The molecule has 1 saturated heterocycles. The number of halogens is 3. The zero-order chi connectivity index (χ0) is 16.9. The number of hydrogen-bond acceptors (Lipinski definition) is 4. The number of amidine groups is 1. The minimum Gasteiger partial charge on any atom is -0.372 e. The number of nitrogens with one attached hydrogen (secondary N) is 1. The molecule has 0 bridgehead atoms. The van der Waals surface area contributed by atoms with E-state index in [9.17, 15) is 13.2 Å². The van der Waals surface area contributed by atoms with E-state index < -0.39 is 11.7 Å². The molecule has 1 aliphatic heterocycles. The highest BCUT2D eigenvalue weighted by Crippen LogP contribution is 2.39. The topological polar surface area (TPSA) is 51.4 Å². The zero-order valence-corrected chi connectivity index (χ0v) is 13.5. The van der Waals surface area contributed by atoms with Crippen molar-refractivity contribution in [3.8, 4) is 6.19 Å². The molecule has 0 atom stereocenters. The van der Waals surface area contributed by atoms with Gasteiger partial charge in [0.25, 0.3) is 0 Å². The van der Waals surface area contributed by atoms with Gasteiger partial charge in [-0.2, -0.15) is 18.4 Å². The van der Waals surface area contributed by atoms with Crippen molar-refractivity contribution < 1.29 is 13.2 Å². The smallest absolute Gasteiger partial charge is 0.372 e. The van der Waals surface area contributed by atoms with Gasteiger partial charge in [-0.25, -0.2) is 4.99 Å². The molecule has 1 heterocycles. The molecule has 124 valence electrons. The third-order valence-corrected chi connectivity index (χ3v) is 4.16.